The van der Waals surface area contributed by atoms with Crippen molar-refractivity contribution in [1.82, 2.24) is 0 Å². The number of carboxylic acids is 1. The number of anilines is 1. The Morgan fingerprint density at radius 1 is 1.15 bits per heavy atom. The second-order valence-corrected chi connectivity index (χ2v) is 6.15. The van der Waals surface area contributed by atoms with Gasteiger partial charge in [0.2, 0.25) is 0 Å². The summed E-state index contributed by atoms with van der Waals surface area (Å²) in [6, 6.07) is 17.0. The zero-order valence-corrected chi connectivity index (χ0v) is 14.3. The van der Waals surface area contributed by atoms with Crippen molar-refractivity contribution >= 4 is 23.6 Å². The van der Waals surface area contributed by atoms with Crippen LogP contribution in [-0.4, -0.2) is 23.0 Å². The van der Waals surface area contributed by atoms with Crippen molar-refractivity contribution in [2.45, 2.75) is 19.4 Å². The maximum Gasteiger partial charge on any atom is 0.326 e. The molecule has 2 atom stereocenters. The fourth-order valence-corrected chi connectivity index (χ4v) is 3.30. The Kier molecular flexibility index (Phi) is 4.59. The molecule has 3 rings (SSSR count). The summed E-state index contributed by atoms with van der Waals surface area (Å²) in [5.74, 6) is -1.57. The van der Waals surface area contributed by atoms with Gasteiger partial charge in [0.05, 0.1) is 17.8 Å². The van der Waals surface area contributed by atoms with Gasteiger partial charge in [0.1, 0.15) is 0 Å². The van der Waals surface area contributed by atoms with Gasteiger partial charge in [-0.3, -0.25) is 14.5 Å². The number of carboxylic acid groups (broad SMARTS) is 1. The number of amides is 1. The summed E-state index contributed by atoms with van der Waals surface area (Å²) in [5, 5.41) is 19.5. The molecule has 26 heavy (non-hydrogen) atoms. The van der Waals surface area contributed by atoms with Crippen molar-refractivity contribution in [2.24, 2.45) is 5.41 Å². The number of hydrogen-bond acceptors (Lipinski definition) is 3. The van der Waals surface area contributed by atoms with Gasteiger partial charge < -0.3 is 5.11 Å². The van der Waals surface area contributed by atoms with Gasteiger partial charge in [-0.15, -0.1) is 0 Å². The summed E-state index contributed by atoms with van der Waals surface area (Å²) >= 11 is 0. The lowest BCUT2D eigenvalue weighted by molar-refractivity contribution is -0.146. The van der Waals surface area contributed by atoms with Crippen molar-refractivity contribution in [3.8, 4) is 6.07 Å². The Morgan fingerprint density at radius 2 is 1.81 bits per heavy atom. The number of carbonyl (C=O) groups is 2. The number of aliphatic carboxylic acids is 1. The molecule has 0 saturated heterocycles. The maximum atomic E-state index is 13.3. The van der Waals surface area contributed by atoms with Crippen LogP contribution < -0.4 is 4.90 Å². The SMILES string of the molecule is CCC(C#N)(C(=O)O)C1C=Cc2ccccc2N1C(=O)c1ccccc1. The molecular formula is C21H18N2O3. The first-order valence-electron chi connectivity index (χ1n) is 8.35. The molecule has 130 valence electrons. The average molecular weight is 346 g/mol. The van der Waals surface area contributed by atoms with Crippen LogP contribution >= 0.6 is 0 Å². The van der Waals surface area contributed by atoms with Gasteiger partial charge in [0.25, 0.3) is 5.91 Å². The van der Waals surface area contributed by atoms with E-state index in [0.717, 1.165) is 5.56 Å². The van der Waals surface area contributed by atoms with E-state index >= 15 is 0 Å². The molecule has 1 aliphatic rings. The van der Waals surface area contributed by atoms with Gasteiger partial charge in [-0.05, 0) is 30.2 Å². The lowest BCUT2D eigenvalue weighted by atomic mass is 9.76. The fraction of sp³-hybridized carbons (Fsp3) is 0.190. The van der Waals surface area contributed by atoms with Crippen LogP contribution in [0.4, 0.5) is 5.69 Å². The molecule has 0 spiro atoms. The number of para-hydroxylation sites is 1. The molecule has 2 aromatic rings. The molecular weight excluding hydrogens is 328 g/mol. The predicted octanol–water partition coefficient (Wildman–Crippen LogP) is 3.73. The second kappa shape index (κ2) is 6.85. The van der Waals surface area contributed by atoms with Gasteiger partial charge in [-0.1, -0.05) is 55.5 Å². The Morgan fingerprint density at radius 3 is 2.42 bits per heavy atom. The molecule has 0 aliphatic carbocycles. The topological polar surface area (TPSA) is 81.4 Å². The smallest absolute Gasteiger partial charge is 0.326 e. The zero-order valence-electron chi connectivity index (χ0n) is 14.3. The molecule has 0 fully saturated rings. The van der Waals surface area contributed by atoms with Crippen LogP contribution in [0.15, 0.2) is 60.7 Å². The molecule has 1 aliphatic heterocycles. The van der Waals surface area contributed by atoms with E-state index in [2.05, 4.69) is 0 Å². The second-order valence-electron chi connectivity index (χ2n) is 6.15. The van der Waals surface area contributed by atoms with E-state index in [1.54, 1.807) is 61.5 Å². The first-order valence-corrected chi connectivity index (χ1v) is 8.35. The summed E-state index contributed by atoms with van der Waals surface area (Å²) in [7, 11) is 0. The van der Waals surface area contributed by atoms with Gasteiger partial charge in [-0.25, -0.2) is 0 Å². The minimum Gasteiger partial charge on any atom is -0.480 e. The average Bonchev–Trinajstić information content (AvgIpc) is 2.69. The van der Waals surface area contributed by atoms with E-state index in [1.807, 2.05) is 18.2 Å². The van der Waals surface area contributed by atoms with Crippen molar-refractivity contribution < 1.29 is 14.7 Å². The van der Waals surface area contributed by atoms with E-state index < -0.39 is 17.4 Å². The summed E-state index contributed by atoms with van der Waals surface area (Å²) < 4.78 is 0. The lowest BCUT2D eigenvalue weighted by Crippen LogP contribution is -2.54. The first-order chi connectivity index (χ1) is 12.5. The molecule has 5 nitrogen and oxygen atoms in total. The van der Waals surface area contributed by atoms with Crippen LogP contribution in [0.2, 0.25) is 0 Å². The van der Waals surface area contributed by atoms with E-state index in [1.165, 1.54) is 4.90 Å². The van der Waals surface area contributed by atoms with Crippen molar-refractivity contribution in [3.05, 3.63) is 71.8 Å². The Bertz CT molecular complexity index is 914. The largest absolute Gasteiger partial charge is 0.480 e. The minimum absolute atomic E-state index is 0.0780. The summed E-state index contributed by atoms with van der Waals surface area (Å²) in [4.78, 5) is 26.7. The van der Waals surface area contributed by atoms with E-state index in [9.17, 15) is 20.0 Å². The summed E-state index contributed by atoms with van der Waals surface area (Å²) in [5.41, 5.74) is 0.120. The number of fused-ring (bicyclic) bond motifs is 1. The van der Waals surface area contributed by atoms with Gasteiger partial charge in [0.15, 0.2) is 5.41 Å². The van der Waals surface area contributed by atoms with Gasteiger partial charge >= 0.3 is 5.97 Å². The van der Waals surface area contributed by atoms with Crippen LogP contribution in [0.25, 0.3) is 6.08 Å². The van der Waals surface area contributed by atoms with E-state index in [-0.39, 0.29) is 12.3 Å². The Hall–Kier alpha value is -3.39. The molecule has 1 N–H and O–H groups in total. The van der Waals surface area contributed by atoms with Gasteiger partial charge in [-0.2, -0.15) is 5.26 Å². The van der Waals surface area contributed by atoms with Crippen molar-refractivity contribution in [3.63, 3.8) is 0 Å². The minimum atomic E-state index is -1.73. The summed E-state index contributed by atoms with van der Waals surface area (Å²) in [6.07, 6.45) is 3.50. The fourth-order valence-electron chi connectivity index (χ4n) is 3.30. The molecule has 2 unspecified atom stereocenters. The normalized spacial score (nSPS) is 17.7. The number of nitrogens with zero attached hydrogens (tertiary/aromatic N) is 2. The van der Waals surface area contributed by atoms with Crippen LogP contribution in [0.5, 0.6) is 0 Å². The third-order valence-corrected chi connectivity index (χ3v) is 4.82. The molecule has 0 aromatic heterocycles. The predicted molar refractivity (Wildman–Crippen MR) is 98.5 cm³/mol. The number of benzene rings is 2. The monoisotopic (exact) mass is 346 g/mol. The number of nitriles is 1. The van der Waals surface area contributed by atoms with Crippen LogP contribution in [0, 0.1) is 16.7 Å². The molecule has 0 radical (unpaired) electrons. The standard InChI is InChI=1S/C21H18N2O3/c1-2-21(14-22,20(25)26)18-13-12-15-8-6-7-11-17(15)23(18)19(24)16-9-4-3-5-10-16/h3-13,18H,2H2,1H3,(H,25,26). The van der Waals surface area contributed by atoms with Crippen molar-refractivity contribution in [2.75, 3.05) is 4.90 Å². The lowest BCUT2D eigenvalue weighted by Gasteiger charge is -2.40. The first kappa shape index (κ1) is 17.4. The number of carbonyl (C=O) groups excluding carboxylic acids is 1. The highest BCUT2D eigenvalue weighted by Crippen LogP contribution is 2.39. The van der Waals surface area contributed by atoms with Crippen molar-refractivity contribution in [1.29, 1.82) is 5.26 Å². The Labute approximate surface area is 151 Å². The third-order valence-electron chi connectivity index (χ3n) is 4.82. The van der Waals surface area contributed by atoms with E-state index in [0.29, 0.717) is 11.3 Å². The molecule has 2 aromatic carbocycles. The van der Waals surface area contributed by atoms with Crippen LogP contribution in [-0.2, 0) is 4.79 Å². The molecule has 0 bridgehead atoms. The Balaban J connectivity index is 2.20. The summed E-state index contributed by atoms with van der Waals surface area (Å²) in [6.45, 7) is 1.65. The molecule has 5 heteroatoms. The highest BCUT2D eigenvalue weighted by molar-refractivity contribution is 6.09. The molecule has 1 heterocycles. The third kappa shape index (κ3) is 2.66. The molecule has 0 saturated carbocycles. The quantitative estimate of drug-likeness (QED) is 0.914. The number of rotatable bonds is 4. The highest BCUT2D eigenvalue weighted by atomic mass is 16.4. The van der Waals surface area contributed by atoms with Crippen LogP contribution in [0.3, 0.4) is 0 Å². The van der Waals surface area contributed by atoms with Gasteiger partial charge in [0, 0.05) is 5.56 Å². The zero-order chi connectivity index (χ0) is 18.7. The highest BCUT2D eigenvalue weighted by Gasteiger charge is 2.50. The van der Waals surface area contributed by atoms with E-state index in [4.69, 9.17) is 0 Å². The maximum absolute atomic E-state index is 13.3. The number of hydrogen-bond donors (Lipinski definition) is 1. The van der Waals surface area contributed by atoms with Crippen LogP contribution in [0.1, 0.15) is 29.3 Å². The molecule has 1 amide bonds.